The first-order chi connectivity index (χ1) is 9.22. The minimum Gasteiger partial charge on any atom is -0.481 e. The van der Waals surface area contributed by atoms with Crippen molar-refractivity contribution >= 4 is 5.97 Å². The number of carboxylic acid groups (broad SMARTS) is 1. The minimum absolute atomic E-state index is 0.154. The van der Waals surface area contributed by atoms with Crippen LogP contribution in [0.4, 0.5) is 0 Å². The molecule has 2 unspecified atom stereocenters. The van der Waals surface area contributed by atoms with Gasteiger partial charge < -0.3 is 14.4 Å². The highest BCUT2D eigenvalue weighted by Gasteiger charge is 2.35. The third kappa shape index (κ3) is 3.53. The van der Waals surface area contributed by atoms with E-state index >= 15 is 0 Å². The van der Waals surface area contributed by atoms with Gasteiger partial charge in [-0.3, -0.25) is 4.79 Å². The standard InChI is InChI=1S/C13H20N2O4/c1-2-7-18-8-11-14-12(19-15-11)9-5-3-4-6-10(9)13(16)17/h9-10H,2-8H2,1H3,(H,16,17). The van der Waals surface area contributed by atoms with E-state index in [9.17, 15) is 9.90 Å². The van der Waals surface area contributed by atoms with Crippen LogP contribution in [0.25, 0.3) is 0 Å². The van der Waals surface area contributed by atoms with Gasteiger partial charge >= 0.3 is 5.97 Å². The van der Waals surface area contributed by atoms with Crippen LogP contribution in [0.1, 0.15) is 56.7 Å². The molecule has 1 aromatic rings. The summed E-state index contributed by atoms with van der Waals surface area (Å²) in [5, 5.41) is 13.1. The second kappa shape index (κ2) is 6.65. The number of aliphatic carboxylic acids is 1. The van der Waals surface area contributed by atoms with Gasteiger partial charge in [0.15, 0.2) is 5.82 Å². The van der Waals surface area contributed by atoms with E-state index in [1.165, 1.54) is 0 Å². The predicted molar refractivity (Wildman–Crippen MR) is 66.6 cm³/mol. The summed E-state index contributed by atoms with van der Waals surface area (Å²) in [6, 6.07) is 0. The van der Waals surface area contributed by atoms with E-state index in [-0.39, 0.29) is 5.92 Å². The molecule has 19 heavy (non-hydrogen) atoms. The van der Waals surface area contributed by atoms with E-state index in [1.54, 1.807) is 0 Å². The van der Waals surface area contributed by atoms with Gasteiger partial charge in [-0.05, 0) is 19.3 Å². The van der Waals surface area contributed by atoms with Crippen LogP contribution in [0.2, 0.25) is 0 Å². The first-order valence-corrected chi connectivity index (χ1v) is 6.85. The maximum absolute atomic E-state index is 11.2. The van der Waals surface area contributed by atoms with Crippen molar-refractivity contribution in [3.63, 3.8) is 0 Å². The molecule has 1 fully saturated rings. The van der Waals surface area contributed by atoms with Crippen molar-refractivity contribution in [3.05, 3.63) is 11.7 Å². The zero-order chi connectivity index (χ0) is 13.7. The molecule has 106 valence electrons. The molecule has 0 spiro atoms. The van der Waals surface area contributed by atoms with Crippen LogP contribution in [0.15, 0.2) is 4.52 Å². The van der Waals surface area contributed by atoms with Crippen molar-refractivity contribution in [2.45, 2.75) is 51.6 Å². The van der Waals surface area contributed by atoms with Gasteiger partial charge in [0, 0.05) is 6.61 Å². The van der Waals surface area contributed by atoms with Crippen molar-refractivity contribution in [1.82, 2.24) is 10.1 Å². The average Bonchev–Trinajstić information content (AvgIpc) is 2.88. The Morgan fingerprint density at radius 3 is 3.00 bits per heavy atom. The normalized spacial score (nSPS) is 23.4. The third-order valence-electron chi connectivity index (χ3n) is 3.46. The van der Waals surface area contributed by atoms with Gasteiger partial charge in [-0.1, -0.05) is 24.9 Å². The van der Waals surface area contributed by atoms with E-state index in [0.717, 1.165) is 25.7 Å². The van der Waals surface area contributed by atoms with Crippen LogP contribution in [0.3, 0.4) is 0 Å². The summed E-state index contributed by atoms with van der Waals surface area (Å²) in [7, 11) is 0. The molecular weight excluding hydrogens is 248 g/mol. The number of rotatable bonds is 6. The first kappa shape index (κ1) is 14.0. The fraction of sp³-hybridized carbons (Fsp3) is 0.769. The molecule has 2 rings (SSSR count). The molecule has 0 saturated heterocycles. The molecule has 0 bridgehead atoms. The number of carboxylic acids is 1. The zero-order valence-electron chi connectivity index (χ0n) is 11.2. The number of hydrogen-bond donors (Lipinski definition) is 1. The Morgan fingerprint density at radius 1 is 1.47 bits per heavy atom. The molecule has 6 heteroatoms. The molecule has 0 aromatic carbocycles. The predicted octanol–water partition coefficient (Wildman–Crippen LogP) is 2.35. The van der Waals surface area contributed by atoms with Crippen LogP contribution in [-0.4, -0.2) is 27.8 Å². The summed E-state index contributed by atoms with van der Waals surface area (Å²) in [6.45, 7) is 3.01. The summed E-state index contributed by atoms with van der Waals surface area (Å²) in [5.41, 5.74) is 0. The second-order valence-corrected chi connectivity index (χ2v) is 4.94. The van der Waals surface area contributed by atoms with Crippen molar-refractivity contribution in [1.29, 1.82) is 0 Å². The van der Waals surface area contributed by atoms with E-state index in [1.807, 2.05) is 6.92 Å². The number of nitrogens with zero attached hydrogens (tertiary/aromatic N) is 2. The molecule has 1 aromatic heterocycles. The molecule has 1 heterocycles. The van der Waals surface area contributed by atoms with E-state index in [0.29, 0.717) is 31.3 Å². The maximum Gasteiger partial charge on any atom is 0.307 e. The summed E-state index contributed by atoms with van der Waals surface area (Å²) in [5.74, 6) is -0.385. The van der Waals surface area contributed by atoms with Gasteiger partial charge in [0.05, 0.1) is 11.8 Å². The Kier molecular flexibility index (Phi) is 4.90. The molecule has 1 aliphatic rings. The third-order valence-corrected chi connectivity index (χ3v) is 3.46. The van der Waals surface area contributed by atoms with Gasteiger partial charge in [-0.2, -0.15) is 4.98 Å². The molecule has 0 amide bonds. The van der Waals surface area contributed by atoms with Crippen LogP contribution in [0.5, 0.6) is 0 Å². The molecule has 2 atom stereocenters. The smallest absolute Gasteiger partial charge is 0.307 e. The van der Waals surface area contributed by atoms with Gasteiger partial charge in [0.1, 0.15) is 6.61 Å². The first-order valence-electron chi connectivity index (χ1n) is 6.85. The Bertz CT molecular complexity index is 419. The maximum atomic E-state index is 11.2. The average molecular weight is 268 g/mol. The lowest BCUT2D eigenvalue weighted by Crippen LogP contribution is -2.25. The van der Waals surface area contributed by atoms with Gasteiger partial charge in [-0.15, -0.1) is 0 Å². The van der Waals surface area contributed by atoms with E-state index < -0.39 is 11.9 Å². The lowest BCUT2D eigenvalue weighted by molar-refractivity contribution is -0.143. The number of carbonyl (C=O) groups is 1. The number of aromatic nitrogens is 2. The highest BCUT2D eigenvalue weighted by molar-refractivity contribution is 5.71. The Labute approximate surface area is 112 Å². The fourth-order valence-corrected chi connectivity index (χ4v) is 2.51. The molecule has 6 nitrogen and oxygen atoms in total. The summed E-state index contributed by atoms with van der Waals surface area (Å²) >= 11 is 0. The van der Waals surface area contributed by atoms with Gasteiger partial charge in [0.2, 0.25) is 5.89 Å². The lowest BCUT2D eigenvalue weighted by atomic mass is 9.79. The quantitative estimate of drug-likeness (QED) is 0.797. The summed E-state index contributed by atoms with van der Waals surface area (Å²) in [4.78, 5) is 15.5. The lowest BCUT2D eigenvalue weighted by Gasteiger charge is -2.25. The number of hydrogen-bond acceptors (Lipinski definition) is 5. The van der Waals surface area contributed by atoms with Gasteiger partial charge in [-0.25, -0.2) is 0 Å². The fourth-order valence-electron chi connectivity index (χ4n) is 2.51. The van der Waals surface area contributed by atoms with Crippen molar-refractivity contribution in [2.24, 2.45) is 5.92 Å². The largest absolute Gasteiger partial charge is 0.481 e. The summed E-state index contributed by atoms with van der Waals surface area (Å²) in [6.07, 6.45) is 4.39. The summed E-state index contributed by atoms with van der Waals surface area (Å²) < 4.78 is 10.6. The van der Waals surface area contributed by atoms with Gasteiger partial charge in [0.25, 0.3) is 0 Å². The van der Waals surface area contributed by atoms with Crippen molar-refractivity contribution in [3.8, 4) is 0 Å². The van der Waals surface area contributed by atoms with Crippen LogP contribution in [-0.2, 0) is 16.1 Å². The molecule has 1 N–H and O–H groups in total. The molecule has 0 radical (unpaired) electrons. The molecule has 0 aliphatic heterocycles. The Hall–Kier alpha value is -1.43. The molecule has 1 aliphatic carbocycles. The highest BCUT2D eigenvalue weighted by Crippen LogP contribution is 2.37. The SMILES string of the molecule is CCCOCc1noc(C2CCCCC2C(=O)O)n1. The highest BCUT2D eigenvalue weighted by atomic mass is 16.5. The van der Waals surface area contributed by atoms with Crippen LogP contribution < -0.4 is 0 Å². The Morgan fingerprint density at radius 2 is 2.26 bits per heavy atom. The van der Waals surface area contributed by atoms with Crippen molar-refractivity contribution < 1.29 is 19.2 Å². The van der Waals surface area contributed by atoms with Crippen molar-refractivity contribution in [2.75, 3.05) is 6.61 Å². The second-order valence-electron chi connectivity index (χ2n) is 4.94. The number of ether oxygens (including phenoxy) is 1. The monoisotopic (exact) mass is 268 g/mol. The van der Waals surface area contributed by atoms with E-state index in [2.05, 4.69) is 10.1 Å². The van der Waals surface area contributed by atoms with E-state index in [4.69, 9.17) is 9.26 Å². The molecular formula is C13H20N2O4. The topological polar surface area (TPSA) is 85.5 Å². The zero-order valence-corrected chi connectivity index (χ0v) is 11.2. The minimum atomic E-state index is -0.772. The molecule has 1 saturated carbocycles. The van der Waals surface area contributed by atoms with Crippen LogP contribution >= 0.6 is 0 Å². The Balaban J connectivity index is 2.01. The van der Waals surface area contributed by atoms with Crippen LogP contribution in [0, 0.1) is 5.92 Å².